The summed E-state index contributed by atoms with van der Waals surface area (Å²) in [5.41, 5.74) is -2.72. The highest BCUT2D eigenvalue weighted by molar-refractivity contribution is 7.90. The van der Waals surface area contributed by atoms with Crippen LogP contribution in [0.15, 0.2) is 29.2 Å². The predicted octanol–water partition coefficient (Wildman–Crippen LogP) is 4.21. The molecule has 2 aromatic rings. The van der Waals surface area contributed by atoms with E-state index in [4.69, 9.17) is 9.47 Å². The quantitative estimate of drug-likeness (QED) is 0.380. The van der Waals surface area contributed by atoms with Gasteiger partial charge in [0, 0.05) is 31.5 Å². The lowest BCUT2D eigenvalue weighted by Crippen LogP contribution is -2.38. The zero-order valence-corrected chi connectivity index (χ0v) is 21.1. The minimum Gasteiger partial charge on any atom is -0.480 e. The van der Waals surface area contributed by atoms with Gasteiger partial charge in [-0.2, -0.15) is 26.3 Å². The van der Waals surface area contributed by atoms with Gasteiger partial charge in [-0.25, -0.2) is 18.2 Å². The normalized spacial score (nSPS) is 15.0. The van der Waals surface area contributed by atoms with E-state index in [2.05, 4.69) is 4.98 Å². The Bertz CT molecular complexity index is 1360. The van der Waals surface area contributed by atoms with Crippen LogP contribution in [0.1, 0.15) is 51.5 Å². The van der Waals surface area contributed by atoms with Gasteiger partial charge in [0.1, 0.15) is 5.75 Å². The zero-order chi connectivity index (χ0) is 28.6. The molecule has 1 atom stereocenters. The Morgan fingerprint density at radius 2 is 1.76 bits per heavy atom. The maximum atomic E-state index is 13.5. The van der Waals surface area contributed by atoms with Crippen molar-refractivity contribution in [2.45, 2.75) is 50.2 Å². The molecule has 0 aliphatic carbocycles. The lowest BCUT2D eigenvalue weighted by molar-refractivity contribution is -0.189. The number of benzene rings is 1. The lowest BCUT2D eigenvalue weighted by Gasteiger charge is -2.30. The first-order chi connectivity index (χ1) is 17.4. The summed E-state index contributed by atoms with van der Waals surface area (Å²) in [7, 11) is -3.87. The van der Waals surface area contributed by atoms with Crippen molar-refractivity contribution in [1.29, 1.82) is 0 Å². The summed E-state index contributed by atoms with van der Waals surface area (Å²) in [5.74, 6) is -2.73. The molecular weight excluding hydrogens is 546 g/mol. The third kappa shape index (κ3) is 6.37. The summed E-state index contributed by atoms with van der Waals surface area (Å²) < 4.78 is 114. The molecule has 1 aromatic carbocycles. The summed E-state index contributed by atoms with van der Waals surface area (Å²) in [4.78, 5) is 29.9. The summed E-state index contributed by atoms with van der Waals surface area (Å²) >= 11 is 0. The number of amides is 1. The average Bonchev–Trinajstić information content (AvgIpc) is 2.80. The molecule has 1 aromatic heterocycles. The summed E-state index contributed by atoms with van der Waals surface area (Å²) in [5, 5.41) is 0. The number of carbonyl (C=O) groups is 2. The summed E-state index contributed by atoms with van der Waals surface area (Å²) in [6.07, 6.45) is -11.4. The molecule has 0 fully saturated rings. The van der Waals surface area contributed by atoms with Crippen molar-refractivity contribution in [1.82, 2.24) is 9.88 Å². The zero-order valence-electron chi connectivity index (χ0n) is 20.2. The molecule has 1 unspecified atom stereocenters. The second-order valence-corrected chi connectivity index (χ2v) is 10.4. The first kappa shape index (κ1) is 29.2. The lowest BCUT2D eigenvalue weighted by atomic mass is 10.00. The van der Waals surface area contributed by atoms with Crippen LogP contribution in [-0.4, -0.2) is 61.9 Å². The number of hydrogen-bond acceptors (Lipinski definition) is 7. The van der Waals surface area contributed by atoms with Gasteiger partial charge in [0.25, 0.3) is 5.91 Å². The molecule has 0 saturated heterocycles. The van der Waals surface area contributed by atoms with Crippen LogP contribution in [0, 0.1) is 0 Å². The monoisotopic (exact) mass is 568 g/mol. The van der Waals surface area contributed by atoms with Gasteiger partial charge < -0.3 is 14.4 Å². The molecular formula is C23H22F6N2O6S. The molecule has 0 N–H and O–H groups in total. The number of aromatic nitrogens is 1. The maximum Gasteiger partial charge on any atom is 0.434 e. The first-order valence-corrected chi connectivity index (χ1v) is 13.0. The van der Waals surface area contributed by atoms with E-state index >= 15 is 0 Å². The number of hydrogen-bond donors (Lipinski definition) is 0. The number of sulfone groups is 1. The van der Waals surface area contributed by atoms with Gasteiger partial charge in [0.15, 0.2) is 21.6 Å². The van der Waals surface area contributed by atoms with E-state index in [1.165, 1.54) is 6.92 Å². The smallest absolute Gasteiger partial charge is 0.434 e. The predicted molar refractivity (Wildman–Crippen MR) is 119 cm³/mol. The van der Waals surface area contributed by atoms with Crippen LogP contribution in [0.3, 0.4) is 0 Å². The Morgan fingerprint density at radius 3 is 2.32 bits per heavy atom. The Kier molecular flexibility index (Phi) is 8.01. The summed E-state index contributed by atoms with van der Waals surface area (Å²) in [6.45, 7) is 1.36. The number of carbonyl (C=O) groups excluding carboxylic acids is 2. The standard InChI is InChI=1S/C23H22F6N2O6S/c1-4-36-21(33)16-9-13-11-31(8-7-17(13)30-19(16)23(27,28)29)20(32)15-10-14(38(3,34)35)5-6-18(15)37-12(2)22(24,25)26/h5-6,9-10,12H,4,7-8,11H2,1-3H3. The molecule has 0 radical (unpaired) electrons. The number of pyridine rings is 1. The minimum atomic E-state index is -4.96. The van der Waals surface area contributed by atoms with Gasteiger partial charge in [-0.3, -0.25) is 4.79 Å². The third-order valence-corrected chi connectivity index (χ3v) is 6.71. The third-order valence-electron chi connectivity index (χ3n) is 5.60. The number of esters is 1. The van der Waals surface area contributed by atoms with Crippen LogP contribution >= 0.6 is 0 Å². The van der Waals surface area contributed by atoms with E-state index in [-0.39, 0.29) is 42.3 Å². The van der Waals surface area contributed by atoms with Crippen molar-refractivity contribution in [3.8, 4) is 5.75 Å². The van der Waals surface area contributed by atoms with Crippen LogP contribution in [0.25, 0.3) is 0 Å². The van der Waals surface area contributed by atoms with Crippen LogP contribution in [-0.2, 0) is 33.7 Å². The fourth-order valence-corrected chi connectivity index (χ4v) is 4.31. The van der Waals surface area contributed by atoms with Gasteiger partial charge in [0.05, 0.1) is 22.6 Å². The molecule has 2 heterocycles. The van der Waals surface area contributed by atoms with E-state index in [9.17, 15) is 44.3 Å². The largest absolute Gasteiger partial charge is 0.480 e. The fourth-order valence-electron chi connectivity index (χ4n) is 3.66. The summed E-state index contributed by atoms with van der Waals surface area (Å²) in [6, 6.07) is 3.71. The van der Waals surface area contributed by atoms with Gasteiger partial charge in [-0.15, -0.1) is 0 Å². The van der Waals surface area contributed by atoms with Crippen molar-refractivity contribution in [3.05, 3.63) is 52.3 Å². The molecule has 0 saturated carbocycles. The van der Waals surface area contributed by atoms with Gasteiger partial charge in [-0.1, -0.05) is 0 Å². The number of ether oxygens (including phenoxy) is 2. The highest BCUT2D eigenvalue weighted by atomic mass is 32.2. The molecule has 0 spiro atoms. The minimum absolute atomic E-state index is 0.0264. The highest BCUT2D eigenvalue weighted by Gasteiger charge is 2.41. The second kappa shape index (κ2) is 10.4. The number of halogens is 6. The Hall–Kier alpha value is -3.36. The second-order valence-electron chi connectivity index (χ2n) is 8.42. The van der Waals surface area contributed by atoms with Crippen molar-refractivity contribution >= 4 is 21.7 Å². The van der Waals surface area contributed by atoms with Crippen LogP contribution in [0.5, 0.6) is 5.75 Å². The molecule has 0 bridgehead atoms. The molecule has 1 amide bonds. The van der Waals surface area contributed by atoms with Crippen molar-refractivity contribution in [2.24, 2.45) is 0 Å². The fraction of sp³-hybridized carbons (Fsp3) is 0.435. The highest BCUT2D eigenvalue weighted by Crippen LogP contribution is 2.35. The topological polar surface area (TPSA) is 103 Å². The van der Waals surface area contributed by atoms with Crippen molar-refractivity contribution in [2.75, 3.05) is 19.4 Å². The molecule has 8 nitrogen and oxygen atoms in total. The van der Waals surface area contributed by atoms with E-state index in [1.54, 1.807) is 0 Å². The van der Waals surface area contributed by atoms with Gasteiger partial charge >= 0.3 is 18.3 Å². The number of nitrogens with zero attached hydrogens (tertiary/aromatic N) is 2. The van der Waals surface area contributed by atoms with E-state index in [1.807, 2.05) is 0 Å². The maximum absolute atomic E-state index is 13.5. The first-order valence-electron chi connectivity index (χ1n) is 11.1. The van der Waals surface area contributed by atoms with E-state index < -0.39 is 62.7 Å². The Balaban J connectivity index is 2.03. The Labute approximate surface area is 213 Å². The van der Waals surface area contributed by atoms with Gasteiger partial charge in [-0.05, 0) is 43.7 Å². The average molecular weight is 568 g/mol. The van der Waals surface area contributed by atoms with Gasteiger partial charge in [0.2, 0.25) is 0 Å². The SMILES string of the molecule is CCOC(=O)c1cc2c(nc1C(F)(F)F)CCN(C(=O)c1cc(S(C)(=O)=O)ccc1OC(C)C(F)(F)F)C2. The number of rotatable bonds is 6. The molecule has 38 heavy (non-hydrogen) atoms. The number of fused-ring (bicyclic) bond motifs is 1. The van der Waals surface area contributed by atoms with Crippen molar-refractivity contribution in [3.63, 3.8) is 0 Å². The molecule has 3 rings (SSSR count). The molecule has 208 valence electrons. The molecule has 15 heteroatoms. The Morgan fingerprint density at radius 1 is 1.11 bits per heavy atom. The van der Waals surface area contributed by atoms with E-state index in [0.717, 1.165) is 35.4 Å². The van der Waals surface area contributed by atoms with Crippen LogP contribution < -0.4 is 4.74 Å². The molecule has 1 aliphatic heterocycles. The van der Waals surface area contributed by atoms with Crippen LogP contribution in [0.2, 0.25) is 0 Å². The number of alkyl halides is 6. The van der Waals surface area contributed by atoms with E-state index in [0.29, 0.717) is 6.92 Å². The van der Waals surface area contributed by atoms with Crippen LogP contribution in [0.4, 0.5) is 26.3 Å². The van der Waals surface area contributed by atoms with Crippen molar-refractivity contribution < 1.29 is 53.8 Å². The molecule has 1 aliphatic rings.